The first-order valence-corrected chi connectivity index (χ1v) is 6.80. The van der Waals surface area contributed by atoms with E-state index in [4.69, 9.17) is 0 Å². The smallest absolute Gasteiger partial charge is 0.281 e. The highest BCUT2D eigenvalue weighted by atomic mass is 32.1. The Kier molecular flexibility index (Phi) is 3.28. The number of carbonyl (C=O) groups excluding carboxylic acids is 1. The molecule has 0 unspecified atom stereocenters. The molecular formula is C15H9F2NOS. The molecule has 0 aliphatic heterocycles. The van der Waals surface area contributed by atoms with Crippen molar-refractivity contribution in [2.75, 3.05) is 0 Å². The number of halogens is 2. The van der Waals surface area contributed by atoms with E-state index in [1.54, 1.807) is 12.1 Å². The predicted octanol–water partition coefficient (Wildman–Crippen LogP) is 4.46. The Morgan fingerprint density at radius 3 is 2.65 bits per heavy atom. The molecule has 0 aliphatic carbocycles. The molecule has 1 heterocycles. The number of hydrogen-bond donors (Lipinski definition) is 0. The van der Waals surface area contributed by atoms with Crippen LogP contribution in [0.2, 0.25) is 0 Å². The van der Waals surface area contributed by atoms with Gasteiger partial charge in [-0.25, -0.2) is 13.8 Å². The average Bonchev–Trinajstić information content (AvgIpc) is 2.95. The van der Waals surface area contributed by atoms with Crippen molar-refractivity contribution in [2.24, 2.45) is 0 Å². The molecule has 0 fully saturated rings. The van der Waals surface area contributed by atoms with Gasteiger partial charge < -0.3 is 0 Å². The first-order chi connectivity index (χ1) is 9.68. The molecule has 1 aromatic heterocycles. The van der Waals surface area contributed by atoms with Gasteiger partial charge in [-0.05, 0) is 10.8 Å². The molecular weight excluding hydrogens is 280 g/mol. The number of nitrogens with zero attached hydrogens (tertiary/aromatic N) is 1. The van der Waals surface area contributed by atoms with Crippen LogP contribution in [0.15, 0.2) is 48.0 Å². The van der Waals surface area contributed by atoms with Crippen LogP contribution in [-0.4, -0.2) is 10.8 Å². The first kappa shape index (κ1) is 12.9. The second-order valence-corrected chi connectivity index (χ2v) is 5.08. The molecule has 0 bridgehead atoms. The van der Waals surface area contributed by atoms with Gasteiger partial charge in [-0.3, -0.25) is 4.79 Å². The summed E-state index contributed by atoms with van der Waals surface area (Å²) in [6.45, 7) is 0. The van der Waals surface area contributed by atoms with Crippen LogP contribution in [0.25, 0.3) is 10.8 Å². The Balaban J connectivity index is 2.16. The van der Waals surface area contributed by atoms with Crippen LogP contribution in [0, 0.1) is 0 Å². The van der Waals surface area contributed by atoms with Crippen LogP contribution in [0.5, 0.6) is 0 Å². The maximum atomic E-state index is 12.8. The average molecular weight is 289 g/mol. The Morgan fingerprint density at radius 1 is 1.10 bits per heavy atom. The van der Waals surface area contributed by atoms with E-state index in [1.165, 1.54) is 5.51 Å². The Labute approximate surface area is 117 Å². The Hall–Kier alpha value is -2.14. The van der Waals surface area contributed by atoms with E-state index in [0.29, 0.717) is 5.56 Å². The quantitative estimate of drug-likeness (QED) is 0.666. The fourth-order valence-corrected chi connectivity index (χ4v) is 2.88. The van der Waals surface area contributed by atoms with Crippen LogP contribution in [0.1, 0.15) is 27.4 Å². The maximum absolute atomic E-state index is 12.8. The lowest BCUT2D eigenvalue weighted by atomic mass is 10.0. The molecule has 2 aromatic carbocycles. The summed E-state index contributed by atoms with van der Waals surface area (Å²) in [5.41, 5.74) is 1.27. The molecule has 0 N–H and O–H groups in total. The SMILES string of the molecule is O=C(c1scnc1C(F)F)c1cccc2ccccc12. The van der Waals surface area contributed by atoms with Gasteiger partial charge >= 0.3 is 0 Å². The molecule has 0 atom stereocenters. The van der Waals surface area contributed by atoms with Gasteiger partial charge in [-0.15, -0.1) is 11.3 Å². The monoisotopic (exact) mass is 289 g/mol. The summed E-state index contributed by atoms with van der Waals surface area (Å²) in [6.07, 6.45) is -2.74. The minimum absolute atomic E-state index is 0.0105. The van der Waals surface area contributed by atoms with Crippen molar-refractivity contribution in [1.29, 1.82) is 0 Å². The lowest BCUT2D eigenvalue weighted by Gasteiger charge is -2.05. The van der Waals surface area contributed by atoms with Gasteiger partial charge in [0.25, 0.3) is 6.43 Å². The number of aromatic nitrogens is 1. The molecule has 5 heteroatoms. The molecule has 0 aliphatic rings. The number of ketones is 1. The van der Waals surface area contributed by atoms with E-state index in [9.17, 15) is 13.6 Å². The third kappa shape index (κ3) is 2.10. The lowest BCUT2D eigenvalue weighted by molar-refractivity contribution is 0.102. The van der Waals surface area contributed by atoms with Gasteiger partial charge in [0.15, 0.2) is 0 Å². The maximum Gasteiger partial charge on any atom is 0.281 e. The number of fused-ring (bicyclic) bond motifs is 1. The Bertz CT molecular complexity index is 777. The molecule has 2 nitrogen and oxygen atoms in total. The van der Waals surface area contributed by atoms with Crippen molar-refractivity contribution < 1.29 is 13.6 Å². The molecule has 3 rings (SSSR count). The van der Waals surface area contributed by atoms with Gasteiger partial charge in [0, 0.05) is 5.56 Å². The zero-order chi connectivity index (χ0) is 14.1. The van der Waals surface area contributed by atoms with Crippen LogP contribution in [0.3, 0.4) is 0 Å². The Morgan fingerprint density at radius 2 is 1.85 bits per heavy atom. The van der Waals surface area contributed by atoms with E-state index in [2.05, 4.69) is 4.98 Å². The van der Waals surface area contributed by atoms with Crippen molar-refractivity contribution >= 4 is 27.9 Å². The lowest BCUT2D eigenvalue weighted by Crippen LogP contribution is -2.04. The van der Waals surface area contributed by atoms with Gasteiger partial charge in [0.2, 0.25) is 5.78 Å². The summed E-state index contributed by atoms with van der Waals surface area (Å²) in [5.74, 6) is -0.403. The molecule has 3 aromatic rings. The zero-order valence-electron chi connectivity index (χ0n) is 10.2. The summed E-state index contributed by atoms with van der Waals surface area (Å²) in [7, 11) is 0. The molecule has 0 amide bonds. The van der Waals surface area contributed by atoms with Crippen molar-refractivity contribution in [1.82, 2.24) is 4.98 Å². The minimum atomic E-state index is -2.74. The van der Waals surface area contributed by atoms with Crippen LogP contribution in [0.4, 0.5) is 8.78 Å². The number of rotatable bonds is 3. The summed E-state index contributed by atoms with van der Waals surface area (Å²) in [4.78, 5) is 16.1. The minimum Gasteiger partial charge on any atom is -0.288 e. The molecule has 100 valence electrons. The van der Waals surface area contributed by atoms with Crippen molar-refractivity contribution in [3.05, 3.63) is 64.1 Å². The normalized spacial score (nSPS) is 11.2. The van der Waals surface area contributed by atoms with Crippen molar-refractivity contribution in [3.63, 3.8) is 0 Å². The molecule has 0 saturated carbocycles. The second-order valence-electron chi connectivity index (χ2n) is 4.22. The van der Waals surface area contributed by atoms with E-state index < -0.39 is 17.9 Å². The summed E-state index contributed by atoms with van der Waals surface area (Å²) in [6, 6.07) is 12.7. The fourth-order valence-electron chi connectivity index (χ4n) is 2.13. The number of thiazole rings is 1. The standard InChI is InChI=1S/C15H9F2NOS/c16-15(17)12-14(20-8-18-12)13(19)11-7-3-5-9-4-1-2-6-10(9)11/h1-8,15H. The third-order valence-electron chi connectivity index (χ3n) is 3.04. The van der Waals surface area contributed by atoms with Gasteiger partial charge in [-0.1, -0.05) is 42.5 Å². The van der Waals surface area contributed by atoms with Crippen LogP contribution in [-0.2, 0) is 0 Å². The zero-order valence-corrected chi connectivity index (χ0v) is 11.0. The third-order valence-corrected chi connectivity index (χ3v) is 3.88. The van der Waals surface area contributed by atoms with Crippen LogP contribution >= 0.6 is 11.3 Å². The van der Waals surface area contributed by atoms with Crippen molar-refractivity contribution in [2.45, 2.75) is 6.43 Å². The van der Waals surface area contributed by atoms with E-state index in [1.807, 2.05) is 30.3 Å². The fraction of sp³-hybridized carbons (Fsp3) is 0.0667. The topological polar surface area (TPSA) is 30.0 Å². The summed E-state index contributed by atoms with van der Waals surface area (Å²) >= 11 is 0.949. The highest BCUT2D eigenvalue weighted by Gasteiger charge is 2.23. The van der Waals surface area contributed by atoms with E-state index in [-0.39, 0.29) is 4.88 Å². The summed E-state index contributed by atoms with van der Waals surface area (Å²) in [5, 5.41) is 1.66. The highest BCUT2D eigenvalue weighted by molar-refractivity contribution is 7.12. The van der Waals surface area contributed by atoms with E-state index in [0.717, 1.165) is 22.1 Å². The van der Waals surface area contributed by atoms with Gasteiger partial charge in [-0.2, -0.15) is 0 Å². The number of hydrogen-bond acceptors (Lipinski definition) is 3. The number of alkyl halides is 2. The molecule has 0 spiro atoms. The predicted molar refractivity (Wildman–Crippen MR) is 74.5 cm³/mol. The number of benzene rings is 2. The second kappa shape index (κ2) is 5.09. The molecule has 0 saturated heterocycles. The summed E-state index contributed by atoms with van der Waals surface area (Å²) < 4.78 is 25.7. The van der Waals surface area contributed by atoms with Crippen molar-refractivity contribution in [3.8, 4) is 0 Å². The van der Waals surface area contributed by atoms with Gasteiger partial charge in [0.05, 0.1) is 5.51 Å². The largest absolute Gasteiger partial charge is 0.288 e. The van der Waals surface area contributed by atoms with Gasteiger partial charge in [0.1, 0.15) is 10.6 Å². The highest BCUT2D eigenvalue weighted by Crippen LogP contribution is 2.29. The van der Waals surface area contributed by atoms with Crippen LogP contribution < -0.4 is 0 Å². The first-order valence-electron chi connectivity index (χ1n) is 5.92. The number of carbonyl (C=O) groups is 1. The molecule has 20 heavy (non-hydrogen) atoms. The van der Waals surface area contributed by atoms with E-state index >= 15 is 0 Å². The molecule has 0 radical (unpaired) electrons.